The number of hydrogen-bond acceptors (Lipinski definition) is 4. The van der Waals surface area contributed by atoms with E-state index in [9.17, 15) is 0 Å². The van der Waals surface area contributed by atoms with Gasteiger partial charge in [-0.25, -0.2) is 4.68 Å². The molecule has 5 nitrogen and oxygen atoms in total. The summed E-state index contributed by atoms with van der Waals surface area (Å²) < 4.78 is 1.80. The van der Waals surface area contributed by atoms with Gasteiger partial charge in [0.2, 0.25) is 0 Å². The Bertz CT molecular complexity index is 762. The zero-order valence-corrected chi connectivity index (χ0v) is 11.8. The van der Waals surface area contributed by atoms with Crippen LogP contribution in [0.4, 0.5) is 5.82 Å². The summed E-state index contributed by atoms with van der Waals surface area (Å²) in [6.45, 7) is 6.28. The van der Waals surface area contributed by atoms with E-state index in [0.717, 1.165) is 22.3 Å². The van der Waals surface area contributed by atoms with Crippen molar-refractivity contribution in [3.63, 3.8) is 0 Å². The van der Waals surface area contributed by atoms with Crippen molar-refractivity contribution >= 4 is 16.7 Å². The van der Waals surface area contributed by atoms with Crippen LogP contribution in [0.2, 0.25) is 0 Å². The molecule has 2 heterocycles. The van der Waals surface area contributed by atoms with E-state index in [1.165, 1.54) is 0 Å². The average Bonchev–Trinajstić information content (AvgIpc) is 2.80. The molecule has 0 unspecified atom stereocenters. The van der Waals surface area contributed by atoms with Crippen molar-refractivity contribution in [2.24, 2.45) is 0 Å². The largest absolute Gasteiger partial charge is 0.381 e. The molecule has 0 aliphatic rings. The Morgan fingerprint density at radius 2 is 1.85 bits per heavy atom. The van der Waals surface area contributed by atoms with Gasteiger partial charge in [-0.2, -0.15) is 0 Å². The first kappa shape index (κ1) is 12.6. The molecule has 20 heavy (non-hydrogen) atoms. The van der Waals surface area contributed by atoms with Crippen LogP contribution in [0.3, 0.4) is 0 Å². The smallest absolute Gasteiger partial charge is 0.170 e. The number of rotatable bonds is 1. The SMILES string of the molecule is CC(C)(C)c1c(N)nnn1-c1cccc2cccnc12. The first-order valence-corrected chi connectivity index (χ1v) is 6.54. The van der Waals surface area contributed by atoms with Crippen molar-refractivity contribution in [2.45, 2.75) is 26.2 Å². The predicted octanol–water partition coefficient (Wildman–Crippen LogP) is 2.70. The molecule has 0 bridgehead atoms. The first-order chi connectivity index (χ1) is 9.48. The molecule has 3 rings (SSSR count). The van der Waals surface area contributed by atoms with Gasteiger partial charge in [-0.3, -0.25) is 4.98 Å². The van der Waals surface area contributed by atoms with Gasteiger partial charge < -0.3 is 5.73 Å². The van der Waals surface area contributed by atoms with Gasteiger partial charge >= 0.3 is 0 Å². The fraction of sp³-hybridized carbons (Fsp3) is 0.267. The number of nitrogens with zero attached hydrogens (tertiary/aromatic N) is 4. The molecule has 5 heteroatoms. The Morgan fingerprint density at radius 3 is 2.60 bits per heavy atom. The summed E-state index contributed by atoms with van der Waals surface area (Å²) in [5.74, 6) is 0.463. The number of benzene rings is 1. The van der Waals surface area contributed by atoms with Crippen molar-refractivity contribution in [2.75, 3.05) is 5.73 Å². The minimum atomic E-state index is -0.148. The van der Waals surface area contributed by atoms with Crippen LogP contribution >= 0.6 is 0 Å². The molecule has 0 saturated heterocycles. The summed E-state index contributed by atoms with van der Waals surface area (Å²) in [5.41, 5.74) is 8.54. The molecule has 102 valence electrons. The zero-order chi connectivity index (χ0) is 14.3. The number of anilines is 1. The van der Waals surface area contributed by atoms with Gasteiger partial charge in [0.25, 0.3) is 0 Å². The molecule has 0 aliphatic heterocycles. The third-order valence-electron chi connectivity index (χ3n) is 3.25. The molecule has 2 aromatic heterocycles. The highest BCUT2D eigenvalue weighted by Crippen LogP contribution is 2.30. The van der Waals surface area contributed by atoms with Gasteiger partial charge in [0.15, 0.2) is 5.82 Å². The Kier molecular flexibility index (Phi) is 2.71. The maximum atomic E-state index is 5.99. The molecule has 0 spiro atoms. The maximum Gasteiger partial charge on any atom is 0.170 e. The van der Waals surface area contributed by atoms with Gasteiger partial charge in [0.05, 0.1) is 16.9 Å². The molecule has 2 N–H and O–H groups in total. The van der Waals surface area contributed by atoms with Gasteiger partial charge in [-0.15, -0.1) is 5.10 Å². The van der Waals surface area contributed by atoms with Crippen LogP contribution in [0, 0.1) is 0 Å². The fourth-order valence-electron chi connectivity index (χ4n) is 2.42. The molecular weight excluding hydrogens is 250 g/mol. The minimum absolute atomic E-state index is 0.148. The van der Waals surface area contributed by atoms with Gasteiger partial charge in [-0.1, -0.05) is 44.2 Å². The molecule has 0 aliphatic carbocycles. The number of hydrogen-bond donors (Lipinski definition) is 1. The Hall–Kier alpha value is -2.43. The summed E-state index contributed by atoms with van der Waals surface area (Å²) in [7, 11) is 0. The van der Waals surface area contributed by atoms with Crippen molar-refractivity contribution in [1.29, 1.82) is 0 Å². The molecule has 1 aromatic carbocycles. The second kappa shape index (κ2) is 4.30. The standard InChI is InChI=1S/C15H17N5/c1-15(2,3)13-14(16)18-19-20(13)11-8-4-6-10-7-5-9-17-12(10)11/h4-9H,16H2,1-3H3. The Labute approximate surface area is 117 Å². The zero-order valence-electron chi connectivity index (χ0n) is 11.8. The molecule has 0 fully saturated rings. The third-order valence-corrected chi connectivity index (χ3v) is 3.25. The summed E-state index contributed by atoms with van der Waals surface area (Å²) >= 11 is 0. The lowest BCUT2D eigenvalue weighted by Crippen LogP contribution is -2.19. The van der Waals surface area contributed by atoms with Crippen LogP contribution in [0.1, 0.15) is 26.5 Å². The summed E-state index contributed by atoms with van der Waals surface area (Å²) in [6.07, 6.45) is 1.78. The minimum Gasteiger partial charge on any atom is -0.381 e. The van der Waals surface area contributed by atoms with Crippen LogP contribution in [-0.2, 0) is 5.41 Å². The Morgan fingerprint density at radius 1 is 1.10 bits per heavy atom. The maximum absolute atomic E-state index is 5.99. The van der Waals surface area contributed by atoms with Crippen LogP contribution in [0.25, 0.3) is 16.6 Å². The van der Waals surface area contributed by atoms with E-state index in [-0.39, 0.29) is 5.41 Å². The molecule has 0 atom stereocenters. The van der Waals surface area contributed by atoms with E-state index >= 15 is 0 Å². The quantitative estimate of drug-likeness (QED) is 0.736. The van der Waals surface area contributed by atoms with E-state index in [1.807, 2.05) is 30.3 Å². The molecule has 3 aromatic rings. The Balaban J connectivity index is 2.33. The van der Waals surface area contributed by atoms with Gasteiger partial charge in [0.1, 0.15) is 0 Å². The highest BCUT2D eigenvalue weighted by atomic mass is 15.4. The van der Waals surface area contributed by atoms with E-state index in [0.29, 0.717) is 5.82 Å². The summed E-state index contributed by atoms with van der Waals surface area (Å²) in [5, 5.41) is 9.30. The van der Waals surface area contributed by atoms with Crippen LogP contribution in [0.15, 0.2) is 36.5 Å². The second-order valence-corrected chi connectivity index (χ2v) is 5.84. The van der Waals surface area contributed by atoms with E-state index in [2.05, 4.69) is 36.1 Å². The number of nitrogen functional groups attached to an aromatic ring is 1. The fourth-order valence-corrected chi connectivity index (χ4v) is 2.42. The predicted molar refractivity (Wildman–Crippen MR) is 79.8 cm³/mol. The number of aromatic nitrogens is 4. The lowest BCUT2D eigenvalue weighted by Gasteiger charge is -2.20. The van der Waals surface area contributed by atoms with Crippen molar-refractivity contribution in [1.82, 2.24) is 20.0 Å². The lowest BCUT2D eigenvalue weighted by atomic mass is 9.91. The topological polar surface area (TPSA) is 69.6 Å². The number of para-hydroxylation sites is 1. The van der Waals surface area contributed by atoms with Crippen molar-refractivity contribution in [3.05, 3.63) is 42.2 Å². The molecular formula is C15H17N5. The van der Waals surface area contributed by atoms with E-state index in [1.54, 1.807) is 10.9 Å². The highest BCUT2D eigenvalue weighted by Gasteiger charge is 2.25. The molecule has 0 radical (unpaired) electrons. The summed E-state index contributed by atoms with van der Waals surface area (Å²) in [4.78, 5) is 4.46. The third kappa shape index (κ3) is 1.91. The van der Waals surface area contributed by atoms with E-state index < -0.39 is 0 Å². The van der Waals surface area contributed by atoms with Gasteiger partial charge in [-0.05, 0) is 12.1 Å². The molecule has 0 saturated carbocycles. The van der Waals surface area contributed by atoms with Crippen molar-refractivity contribution < 1.29 is 0 Å². The highest BCUT2D eigenvalue weighted by molar-refractivity contribution is 5.86. The van der Waals surface area contributed by atoms with Gasteiger partial charge in [0, 0.05) is 17.0 Å². The first-order valence-electron chi connectivity index (χ1n) is 6.54. The van der Waals surface area contributed by atoms with Crippen LogP contribution < -0.4 is 5.73 Å². The number of pyridine rings is 1. The number of fused-ring (bicyclic) bond motifs is 1. The van der Waals surface area contributed by atoms with Crippen molar-refractivity contribution in [3.8, 4) is 5.69 Å². The second-order valence-electron chi connectivity index (χ2n) is 5.84. The van der Waals surface area contributed by atoms with Crippen LogP contribution in [0.5, 0.6) is 0 Å². The lowest BCUT2D eigenvalue weighted by molar-refractivity contribution is 0.545. The average molecular weight is 267 g/mol. The number of nitrogens with two attached hydrogens (primary N) is 1. The molecule has 0 amide bonds. The monoisotopic (exact) mass is 267 g/mol. The van der Waals surface area contributed by atoms with Crippen LogP contribution in [-0.4, -0.2) is 20.0 Å². The normalized spacial score (nSPS) is 11.9. The van der Waals surface area contributed by atoms with E-state index in [4.69, 9.17) is 5.73 Å². The summed E-state index contributed by atoms with van der Waals surface area (Å²) in [6, 6.07) is 9.96.